The van der Waals surface area contributed by atoms with Gasteiger partial charge in [-0.05, 0) is 24.3 Å². The molecule has 1 aromatic heterocycles. The van der Waals surface area contributed by atoms with Gasteiger partial charge in [0, 0.05) is 43.4 Å². The Morgan fingerprint density at radius 2 is 1.96 bits per heavy atom. The summed E-state index contributed by atoms with van der Waals surface area (Å²) in [6.07, 6.45) is 1.79. The van der Waals surface area contributed by atoms with Crippen LogP contribution in [0.15, 0.2) is 40.8 Å². The number of rotatable bonds is 4. The van der Waals surface area contributed by atoms with Gasteiger partial charge in [-0.3, -0.25) is 4.79 Å². The molecule has 1 aliphatic heterocycles. The molecule has 0 bridgehead atoms. The lowest BCUT2D eigenvalue weighted by atomic mass is 10.3. The van der Waals surface area contributed by atoms with Crippen LogP contribution in [0.5, 0.6) is 0 Å². The summed E-state index contributed by atoms with van der Waals surface area (Å²) in [5, 5.41) is 5.61. The topological polar surface area (TPSA) is 86.8 Å². The third kappa shape index (κ3) is 5.53. The number of aromatic nitrogens is 1. The number of nitrogens with two attached hydrogens (primary N) is 1. The second-order valence-electron chi connectivity index (χ2n) is 5.52. The van der Waals surface area contributed by atoms with Crippen molar-refractivity contribution in [3.63, 3.8) is 0 Å². The number of piperazine rings is 1. The molecule has 0 aliphatic carbocycles. The summed E-state index contributed by atoms with van der Waals surface area (Å²) in [7, 11) is 0. The number of halogens is 2. The van der Waals surface area contributed by atoms with Crippen LogP contribution in [0.25, 0.3) is 0 Å². The average Bonchev–Trinajstić information content (AvgIpc) is 3.16. The Labute approximate surface area is 172 Å². The molecule has 1 aliphatic rings. The van der Waals surface area contributed by atoms with Crippen molar-refractivity contribution in [3.05, 3.63) is 41.7 Å². The van der Waals surface area contributed by atoms with E-state index >= 15 is 0 Å². The van der Waals surface area contributed by atoms with Gasteiger partial charge in [0.15, 0.2) is 11.1 Å². The zero-order chi connectivity index (χ0) is 17.6. The van der Waals surface area contributed by atoms with Gasteiger partial charge < -0.3 is 20.9 Å². The van der Waals surface area contributed by atoms with Gasteiger partial charge in [0.2, 0.25) is 5.91 Å². The Kier molecular flexibility index (Phi) is 7.57. The highest BCUT2D eigenvalue weighted by Gasteiger charge is 2.19. The number of aliphatic imine (C=N–C) groups is 1. The molecule has 3 N–H and O–H groups in total. The average molecular weight is 490 g/mol. The van der Waals surface area contributed by atoms with E-state index in [4.69, 9.17) is 5.73 Å². The van der Waals surface area contributed by atoms with Crippen molar-refractivity contribution in [3.8, 4) is 0 Å². The van der Waals surface area contributed by atoms with Crippen molar-refractivity contribution >= 4 is 58.0 Å². The number of anilines is 2. The van der Waals surface area contributed by atoms with Crippen LogP contribution >= 0.6 is 35.3 Å². The maximum Gasteiger partial charge on any atom is 0.246 e. The van der Waals surface area contributed by atoms with Crippen molar-refractivity contribution in [2.75, 3.05) is 42.9 Å². The minimum atomic E-state index is -0.350. The molecular formula is C16H20FIN6OS. The second kappa shape index (κ2) is 9.67. The third-order valence-electron chi connectivity index (χ3n) is 3.81. The summed E-state index contributed by atoms with van der Waals surface area (Å²) in [6, 6.07) is 5.57. The van der Waals surface area contributed by atoms with E-state index in [2.05, 4.69) is 20.2 Å². The largest absolute Gasteiger partial charge is 0.370 e. The van der Waals surface area contributed by atoms with Crippen LogP contribution in [-0.4, -0.2) is 54.5 Å². The number of nitrogens with one attached hydrogen (secondary N) is 1. The van der Waals surface area contributed by atoms with Crippen molar-refractivity contribution in [1.82, 2.24) is 9.88 Å². The summed E-state index contributed by atoms with van der Waals surface area (Å²) in [4.78, 5) is 24.5. The number of hydrogen-bond acceptors (Lipinski definition) is 5. The molecule has 1 aromatic carbocycles. The van der Waals surface area contributed by atoms with Crippen molar-refractivity contribution in [2.45, 2.75) is 0 Å². The summed E-state index contributed by atoms with van der Waals surface area (Å²) in [5.41, 5.74) is 6.51. The van der Waals surface area contributed by atoms with Crippen LogP contribution in [0.3, 0.4) is 0 Å². The van der Waals surface area contributed by atoms with Gasteiger partial charge in [-0.1, -0.05) is 0 Å². The molecule has 0 saturated carbocycles. The van der Waals surface area contributed by atoms with Crippen LogP contribution in [0.4, 0.5) is 15.2 Å². The van der Waals surface area contributed by atoms with Gasteiger partial charge in [-0.2, -0.15) is 0 Å². The lowest BCUT2D eigenvalue weighted by molar-refractivity contribution is -0.114. The van der Waals surface area contributed by atoms with Crippen molar-refractivity contribution in [1.29, 1.82) is 0 Å². The van der Waals surface area contributed by atoms with Gasteiger partial charge >= 0.3 is 0 Å². The lowest BCUT2D eigenvalue weighted by Gasteiger charge is -2.35. The van der Waals surface area contributed by atoms with E-state index in [0.717, 1.165) is 31.3 Å². The van der Waals surface area contributed by atoms with E-state index in [-0.39, 0.29) is 42.2 Å². The molecule has 2 heterocycles. The molecular weight excluding hydrogens is 470 g/mol. The predicted molar refractivity (Wildman–Crippen MR) is 113 cm³/mol. The Morgan fingerprint density at radius 1 is 1.27 bits per heavy atom. The number of carbonyl (C=O) groups is 1. The number of carbonyl (C=O) groups excluding carboxylic acids is 1. The number of nitrogens with zero attached hydrogens (tertiary/aromatic N) is 4. The van der Waals surface area contributed by atoms with Gasteiger partial charge in [0.1, 0.15) is 12.4 Å². The number of benzene rings is 1. The minimum Gasteiger partial charge on any atom is -0.370 e. The monoisotopic (exact) mass is 490 g/mol. The first-order valence-electron chi connectivity index (χ1n) is 7.86. The first kappa shape index (κ1) is 20.4. The number of amides is 1. The summed E-state index contributed by atoms with van der Waals surface area (Å²) in [6.45, 7) is 3.01. The smallest absolute Gasteiger partial charge is 0.246 e. The molecule has 0 atom stereocenters. The molecule has 140 valence electrons. The van der Waals surface area contributed by atoms with Crippen LogP contribution in [0.2, 0.25) is 0 Å². The number of hydrogen-bond donors (Lipinski definition) is 2. The Balaban J connectivity index is 0.00000243. The van der Waals surface area contributed by atoms with Crippen molar-refractivity contribution in [2.24, 2.45) is 10.7 Å². The molecule has 1 fully saturated rings. The number of thiazole rings is 1. The summed E-state index contributed by atoms with van der Waals surface area (Å²) in [5.74, 6) is -0.291. The maximum atomic E-state index is 12.8. The fraction of sp³-hybridized carbons (Fsp3) is 0.312. The quantitative estimate of drug-likeness (QED) is 0.389. The molecule has 0 unspecified atom stereocenters. The molecule has 7 nitrogen and oxygen atoms in total. The highest BCUT2D eigenvalue weighted by molar-refractivity contribution is 14.0. The van der Waals surface area contributed by atoms with Gasteiger partial charge in [0.25, 0.3) is 0 Å². The summed E-state index contributed by atoms with van der Waals surface area (Å²) >= 11 is 1.61. The fourth-order valence-electron chi connectivity index (χ4n) is 2.49. The van der Waals surface area contributed by atoms with E-state index < -0.39 is 0 Å². The molecule has 1 saturated heterocycles. The molecule has 1 amide bonds. The third-order valence-corrected chi connectivity index (χ3v) is 4.64. The molecule has 10 heteroatoms. The fourth-order valence-corrected chi connectivity index (χ4v) is 3.18. The van der Waals surface area contributed by atoms with E-state index in [1.54, 1.807) is 17.5 Å². The maximum absolute atomic E-state index is 12.8. The molecule has 26 heavy (non-hydrogen) atoms. The van der Waals surface area contributed by atoms with Gasteiger partial charge in [-0.25, -0.2) is 14.4 Å². The highest BCUT2D eigenvalue weighted by Crippen LogP contribution is 2.18. The molecule has 0 spiro atoms. The predicted octanol–water partition coefficient (Wildman–Crippen LogP) is 1.98. The standard InChI is InChI=1S/C16H19FN6OS.HI/c17-12-1-3-13(4-2-12)21-14(24)11-20-15(18)22-6-8-23(9-7-22)16-19-5-10-25-16;/h1-5,10H,6-9,11H2,(H2,18,20)(H,21,24);1H. The van der Waals surface area contributed by atoms with E-state index in [0.29, 0.717) is 11.6 Å². The lowest BCUT2D eigenvalue weighted by Crippen LogP contribution is -2.51. The van der Waals surface area contributed by atoms with E-state index in [9.17, 15) is 9.18 Å². The Bertz CT molecular complexity index is 732. The first-order valence-corrected chi connectivity index (χ1v) is 8.74. The van der Waals surface area contributed by atoms with Crippen LogP contribution in [0.1, 0.15) is 0 Å². The van der Waals surface area contributed by atoms with Crippen molar-refractivity contribution < 1.29 is 9.18 Å². The Morgan fingerprint density at radius 3 is 2.58 bits per heavy atom. The minimum absolute atomic E-state index is 0. The van der Waals surface area contributed by atoms with E-state index in [1.165, 1.54) is 24.3 Å². The van der Waals surface area contributed by atoms with E-state index in [1.807, 2.05) is 10.3 Å². The molecule has 3 rings (SSSR count). The Hall–Kier alpha value is -1.95. The van der Waals surface area contributed by atoms with Gasteiger partial charge in [-0.15, -0.1) is 35.3 Å². The van der Waals surface area contributed by atoms with Crippen LogP contribution < -0.4 is 16.0 Å². The SMILES string of the molecule is I.NC(=NCC(=O)Nc1ccc(F)cc1)N1CCN(c2nccs2)CC1. The summed E-state index contributed by atoms with van der Waals surface area (Å²) < 4.78 is 12.8. The number of guanidine groups is 1. The molecule has 2 aromatic rings. The van der Waals surface area contributed by atoms with Crippen LogP contribution in [0, 0.1) is 5.82 Å². The van der Waals surface area contributed by atoms with Gasteiger partial charge in [0.05, 0.1) is 0 Å². The zero-order valence-corrected chi connectivity index (χ0v) is 17.1. The molecule has 0 radical (unpaired) electrons. The highest BCUT2D eigenvalue weighted by atomic mass is 127. The normalized spacial score (nSPS) is 14.7. The first-order chi connectivity index (χ1) is 12.1. The van der Waals surface area contributed by atoms with Crippen LogP contribution in [-0.2, 0) is 4.79 Å². The zero-order valence-electron chi connectivity index (χ0n) is 14.0. The second-order valence-corrected chi connectivity index (χ2v) is 6.39.